The van der Waals surface area contributed by atoms with Gasteiger partial charge in [0.2, 0.25) is 0 Å². The second-order valence-electron chi connectivity index (χ2n) is 4.46. The molecule has 0 aliphatic rings. The first-order valence-corrected chi connectivity index (χ1v) is 7.55. The summed E-state index contributed by atoms with van der Waals surface area (Å²) in [4.78, 5) is -0.470. The van der Waals surface area contributed by atoms with Crippen molar-refractivity contribution in [1.82, 2.24) is 15.0 Å². The average Bonchev–Trinajstić information content (AvgIpc) is 2.89. The molecule has 0 unspecified atom stereocenters. The van der Waals surface area contributed by atoms with E-state index in [-0.39, 0.29) is 46.7 Å². The number of phenols is 1. The molecular weight excluding hydrogens is 333 g/mol. The van der Waals surface area contributed by atoms with Crippen LogP contribution in [0.4, 0.5) is 0 Å². The molecule has 0 fully saturated rings. The van der Waals surface area contributed by atoms with Crippen LogP contribution in [-0.4, -0.2) is 69.7 Å². The van der Waals surface area contributed by atoms with Gasteiger partial charge >= 0.3 is 29.6 Å². The zero-order valence-corrected chi connectivity index (χ0v) is 12.1. The second kappa shape index (κ2) is 6.46. The maximum atomic E-state index is 11.5. The molecule has 0 saturated carbocycles. The molecule has 0 bridgehead atoms. The summed E-state index contributed by atoms with van der Waals surface area (Å²) in [7, 11) is -3.30. The number of para-hydroxylation sites is 1. The number of aromatic nitrogens is 3. The van der Waals surface area contributed by atoms with Crippen molar-refractivity contribution in [2.24, 2.45) is 0 Å². The molecule has 0 amide bonds. The Labute approximate surface area is 153 Å². The van der Waals surface area contributed by atoms with Gasteiger partial charge in [0.05, 0.1) is 12.6 Å². The predicted molar refractivity (Wildman–Crippen MR) is 84.0 cm³/mol. The fraction of sp³-hybridized carbons (Fsp3) is 0.0769. The van der Waals surface area contributed by atoms with Gasteiger partial charge in [0, 0.05) is 6.07 Å². The molecule has 0 aliphatic carbocycles. The van der Waals surface area contributed by atoms with Crippen molar-refractivity contribution >= 4 is 50.7 Å². The molecule has 0 aliphatic heterocycles. The van der Waals surface area contributed by atoms with E-state index in [2.05, 4.69) is 10.3 Å². The van der Waals surface area contributed by atoms with Crippen LogP contribution in [-0.2, 0) is 10.1 Å². The minimum atomic E-state index is -4.53. The van der Waals surface area contributed by atoms with Crippen molar-refractivity contribution in [3.05, 3.63) is 36.4 Å². The van der Waals surface area contributed by atoms with E-state index in [1.165, 1.54) is 11.8 Å². The van der Waals surface area contributed by atoms with Crippen molar-refractivity contribution < 1.29 is 22.8 Å². The third kappa shape index (κ3) is 3.19. The molecule has 0 saturated heterocycles. The first kappa shape index (κ1) is 17.7. The first-order chi connectivity index (χ1) is 10.4. The Morgan fingerprint density at radius 3 is 2.57 bits per heavy atom. The zero-order valence-electron chi connectivity index (χ0n) is 11.3. The van der Waals surface area contributed by atoms with E-state index >= 15 is 0 Å². The van der Waals surface area contributed by atoms with Crippen LogP contribution in [0.15, 0.2) is 41.3 Å². The Hall–Kier alpha value is -1.65. The molecule has 1 aromatic heterocycles. The summed E-state index contributed by atoms with van der Waals surface area (Å²) >= 11 is 0. The van der Waals surface area contributed by atoms with Gasteiger partial charge in [-0.15, -0.1) is 5.10 Å². The Balaban J connectivity index is 0.00000192. The molecule has 1 heterocycles. The molecule has 2 aromatic carbocycles. The number of benzene rings is 2. The average molecular weight is 345 g/mol. The van der Waals surface area contributed by atoms with Crippen molar-refractivity contribution in [2.75, 3.05) is 7.11 Å². The van der Waals surface area contributed by atoms with Gasteiger partial charge in [-0.25, -0.2) is 4.68 Å². The number of nitrogens with zero attached hydrogens (tertiary/aromatic N) is 3. The van der Waals surface area contributed by atoms with Gasteiger partial charge in [-0.05, 0) is 18.2 Å². The second-order valence-corrected chi connectivity index (χ2v) is 5.85. The number of hydrogen-bond donors (Lipinski definition) is 2. The van der Waals surface area contributed by atoms with Gasteiger partial charge in [-0.1, -0.05) is 17.3 Å². The normalized spacial score (nSPS) is 11.2. The van der Waals surface area contributed by atoms with Crippen molar-refractivity contribution in [1.29, 1.82) is 0 Å². The molecule has 23 heavy (non-hydrogen) atoms. The van der Waals surface area contributed by atoms with E-state index in [1.54, 1.807) is 24.3 Å². The van der Waals surface area contributed by atoms with Crippen LogP contribution in [0.5, 0.6) is 11.5 Å². The van der Waals surface area contributed by atoms with Crippen LogP contribution in [0.1, 0.15) is 0 Å². The van der Waals surface area contributed by atoms with Gasteiger partial charge in [0.1, 0.15) is 27.6 Å². The van der Waals surface area contributed by atoms with Crippen LogP contribution in [0.25, 0.3) is 16.7 Å². The Kier molecular flexibility index (Phi) is 4.97. The molecule has 0 atom stereocenters. The number of methoxy groups -OCH3 is 1. The van der Waals surface area contributed by atoms with E-state index in [0.717, 1.165) is 12.1 Å². The summed E-state index contributed by atoms with van der Waals surface area (Å²) < 4.78 is 38.4. The fourth-order valence-corrected chi connectivity index (χ4v) is 2.77. The maximum absolute atomic E-state index is 11.5. The number of hydrogen-bond acceptors (Lipinski definition) is 6. The van der Waals surface area contributed by atoms with Gasteiger partial charge in [-0.2, -0.15) is 8.42 Å². The number of rotatable bonds is 3. The molecule has 0 spiro atoms. The predicted octanol–water partition coefficient (Wildman–Crippen LogP) is 0.733. The Morgan fingerprint density at radius 2 is 1.91 bits per heavy atom. The standard InChI is InChI=1S/C13H11N3O5S.Na.H/c1-21-12-7-11(17)10(6-13(12)22(18,19)20)16-9-5-3-2-4-8(9)14-15-16;;/h2-7,17H,1H3,(H,18,19,20);;. The monoisotopic (exact) mass is 345 g/mol. The van der Waals surface area contributed by atoms with Crippen LogP contribution < -0.4 is 4.74 Å². The topological polar surface area (TPSA) is 115 Å². The molecule has 0 radical (unpaired) electrons. The quantitative estimate of drug-likeness (QED) is 0.531. The number of fused-ring (bicyclic) bond motifs is 1. The molecule has 3 rings (SSSR count). The Bertz CT molecular complexity index is 971. The van der Waals surface area contributed by atoms with Gasteiger partial charge in [0.15, 0.2) is 0 Å². The van der Waals surface area contributed by atoms with E-state index in [0.29, 0.717) is 11.0 Å². The molecule has 8 nitrogen and oxygen atoms in total. The first-order valence-electron chi connectivity index (χ1n) is 6.11. The van der Waals surface area contributed by atoms with Gasteiger partial charge in [-0.3, -0.25) is 4.55 Å². The van der Waals surface area contributed by atoms with Crippen molar-refractivity contribution in [2.45, 2.75) is 4.90 Å². The minimum absolute atomic E-state index is 0. The van der Waals surface area contributed by atoms with Crippen LogP contribution >= 0.6 is 0 Å². The van der Waals surface area contributed by atoms with Crippen molar-refractivity contribution in [3.63, 3.8) is 0 Å². The van der Waals surface area contributed by atoms with E-state index in [4.69, 9.17) is 4.74 Å². The molecule has 10 heteroatoms. The summed E-state index contributed by atoms with van der Waals surface area (Å²) in [6.45, 7) is 0. The summed E-state index contributed by atoms with van der Waals surface area (Å²) in [5.74, 6) is -0.437. The zero-order chi connectivity index (χ0) is 15.9. The van der Waals surface area contributed by atoms with E-state index in [1.807, 2.05) is 0 Å². The number of ether oxygens (including phenoxy) is 1. The third-order valence-electron chi connectivity index (χ3n) is 3.12. The van der Waals surface area contributed by atoms with Crippen molar-refractivity contribution in [3.8, 4) is 17.2 Å². The summed E-state index contributed by atoms with van der Waals surface area (Å²) in [6.07, 6.45) is 0. The van der Waals surface area contributed by atoms with E-state index in [9.17, 15) is 18.1 Å². The fourth-order valence-electron chi connectivity index (χ4n) is 2.12. The van der Waals surface area contributed by atoms with Crippen LogP contribution in [0.3, 0.4) is 0 Å². The van der Waals surface area contributed by atoms with Crippen LogP contribution in [0, 0.1) is 0 Å². The summed E-state index contributed by atoms with van der Waals surface area (Å²) in [6, 6.07) is 9.14. The van der Waals surface area contributed by atoms with Gasteiger partial charge in [0.25, 0.3) is 10.1 Å². The molecular formula is C13H12N3NaO5S. The molecule has 3 aromatic rings. The Morgan fingerprint density at radius 1 is 1.22 bits per heavy atom. The SMILES string of the molecule is COc1cc(O)c(-n2nnc3ccccc32)cc1S(=O)(=O)O.[NaH]. The summed E-state index contributed by atoms with van der Waals surface area (Å²) in [5, 5.41) is 17.9. The van der Waals surface area contributed by atoms with Crippen LogP contribution in [0.2, 0.25) is 0 Å². The molecule has 116 valence electrons. The molecule has 2 N–H and O–H groups in total. The van der Waals surface area contributed by atoms with E-state index < -0.39 is 15.0 Å². The summed E-state index contributed by atoms with van der Waals surface area (Å²) in [5.41, 5.74) is 1.21. The number of phenolic OH excluding ortho intramolecular Hbond substituents is 1. The van der Waals surface area contributed by atoms with Gasteiger partial charge < -0.3 is 9.84 Å². The third-order valence-corrected chi connectivity index (χ3v) is 3.99. The number of aromatic hydroxyl groups is 1.